The van der Waals surface area contributed by atoms with Gasteiger partial charge in [0.05, 0.1) is 26.5 Å². The summed E-state index contributed by atoms with van der Waals surface area (Å²) in [6.07, 6.45) is 3.26. The highest BCUT2D eigenvalue weighted by atomic mass is 79.9. The van der Waals surface area contributed by atoms with Gasteiger partial charge in [-0.2, -0.15) is 10.2 Å². The number of halogens is 1. The van der Waals surface area contributed by atoms with Gasteiger partial charge in [0.1, 0.15) is 11.2 Å². The maximum absolute atomic E-state index is 12.2. The van der Waals surface area contributed by atoms with Crippen molar-refractivity contribution in [3.05, 3.63) is 37.9 Å². The second-order valence-corrected chi connectivity index (χ2v) is 16.1. The van der Waals surface area contributed by atoms with Gasteiger partial charge in [0.25, 0.3) is 0 Å². The van der Waals surface area contributed by atoms with Crippen LogP contribution in [0.1, 0.15) is 83.7 Å². The number of carbonyl (C=O) groups is 2. The van der Waals surface area contributed by atoms with Crippen LogP contribution in [0.2, 0.25) is 0 Å². The van der Waals surface area contributed by atoms with Crippen molar-refractivity contribution in [2.24, 2.45) is 18.1 Å². The van der Waals surface area contributed by atoms with Gasteiger partial charge in [-0.1, -0.05) is 0 Å². The van der Waals surface area contributed by atoms with Gasteiger partial charge in [0, 0.05) is 56.6 Å². The summed E-state index contributed by atoms with van der Waals surface area (Å²) in [6.45, 7) is 14.3. The Labute approximate surface area is 283 Å². The molecule has 2 aliphatic rings. The van der Waals surface area contributed by atoms with Crippen molar-refractivity contribution < 1.29 is 19.1 Å². The molecule has 0 atom stereocenters. The summed E-state index contributed by atoms with van der Waals surface area (Å²) in [7, 11) is 3.81. The molecule has 0 aromatic carbocycles. The smallest absolute Gasteiger partial charge is 0.410 e. The van der Waals surface area contributed by atoms with Crippen molar-refractivity contribution in [1.82, 2.24) is 25.0 Å². The van der Waals surface area contributed by atoms with Crippen LogP contribution in [0, 0.1) is 5.92 Å². The Kier molecular flexibility index (Phi) is 11.6. The van der Waals surface area contributed by atoms with E-state index in [1.807, 2.05) is 71.3 Å². The van der Waals surface area contributed by atoms with Gasteiger partial charge in [-0.3, -0.25) is 4.68 Å². The van der Waals surface area contributed by atoms with E-state index in [4.69, 9.17) is 14.6 Å². The largest absolute Gasteiger partial charge is 0.444 e. The van der Waals surface area contributed by atoms with E-state index in [2.05, 4.69) is 43.3 Å². The Morgan fingerprint density at radius 3 is 1.93 bits per heavy atom. The van der Waals surface area contributed by atoms with E-state index >= 15 is 0 Å². The van der Waals surface area contributed by atoms with Crippen molar-refractivity contribution in [3.8, 4) is 0 Å². The quantitative estimate of drug-likeness (QED) is 0.218. The summed E-state index contributed by atoms with van der Waals surface area (Å²) >= 11 is 7.03. The third-order valence-corrected chi connectivity index (χ3v) is 10.4. The first-order valence-electron chi connectivity index (χ1n) is 15.5. The number of fused-ring (bicyclic) bond motifs is 1. The zero-order valence-corrected chi connectivity index (χ0v) is 30.9. The number of nitrogens with zero attached hydrogens (tertiary/aromatic N) is 5. The molecule has 3 aromatic rings. The number of ether oxygens (including phenoxy) is 2. The fourth-order valence-electron chi connectivity index (χ4n) is 5.53. The average Bonchev–Trinajstić information content (AvgIpc) is 3.69. The fraction of sp³-hybridized carbons (Fsp3) is 0.625. The minimum atomic E-state index is -0.450. The average molecular weight is 724 g/mol. The molecular weight excluding hydrogens is 676 g/mol. The highest BCUT2D eigenvalue weighted by Gasteiger charge is 2.31. The molecule has 248 valence electrons. The van der Waals surface area contributed by atoms with Gasteiger partial charge in [-0.05, 0) is 106 Å². The van der Waals surface area contributed by atoms with Crippen molar-refractivity contribution in [1.29, 1.82) is 0 Å². The third-order valence-electron chi connectivity index (χ3n) is 7.63. The zero-order chi connectivity index (χ0) is 32.9. The molecule has 0 unspecified atom stereocenters. The maximum atomic E-state index is 12.2. The van der Waals surface area contributed by atoms with E-state index in [9.17, 15) is 9.59 Å². The number of amides is 2. The van der Waals surface area contributed by atoms with Gasteiger partial charge >= 0.3 is 12.2 Å². The van der Waals surface area contributed by atoms with Crippen LogP contribution in [0.25, 0.3) is 10.2 Å². The van der Waals surface area contributed by atoms with Crippen molar-refractivity contribution in [2.45, 2.75) is 84.3 Å². The summed E-state index contributed by atoms with van der Waals surface area (Å²) in [5.74, 6) is 0.775. The van der Waals surface area contributed by atoms with Crippen LogP contribution in [0.4, 0.5) is 9.59 Å². The number of rotatable bonds is 4. The maximum Gasteiger partial charge on any atom is 0.410 e. The topological polar surface area (TPSA) is 101 Å². The zero-order valence-electron chi connectivity index (χ0n) is 27.7. The van der Waals surface area contributed by atoms with E-state index in [0.717, 1.165) is 53.8 Å². The van der Waals surface area contributed by atoms with Gasteiger partial charge in [-0.25, -0.2) is 9.59 Å². The molecule has 45 heavy (non-hydrogen) atoms. The van der Waals surface area contributed by atoms with E-state index < -0.39 is 11.2 Å². The number of hydrogen-bond donors (Lipinski definition) is 1. The van der Waals surface area contributed by atoms with Crippen molar-refractivity contribution in [3.63, 3.8) is 0 Å². The second kappa shape index (κ2) is 14.8. The predicted octanol–water partition coefficient (Wildman–Crippen LogP) is 7.83. The first-order valence-corrected chi connectivity index (χ1v) is 18.1. The van der Waals surface area contributed by atoms with Crippen LogP contribution in [-0.4, -0.2) is 81.9 Å². The van der Waals surface area contributed by atoms with Gasteiger partial charge in [-0.15, -0.1) is 22.7 Å². The molecule has 0 radical (unpaired) electrons. The van der Waals surface area contributed by atoms with Crippen LogP contribution in [0.15, 0.2) is 32.5 Å². The molecule has 0 bridgehead atoms. The van der Waals surface area contributed by atoms with E-state index in [1.54, 1.807) is 27.6 Å². The molecule has 1 N–H and O–H groups in total. The Morgan fingerprint density at radius 2 is 1.44 bits per heavy atom. The lowest BCUT2D eigenvalue weighted by atomic mass is 9.91. The van der Waals surface area contributed by atoms with E-state index in [0.29, 0.717) is 24.9 Å². The second-order valence-electron chi connectivity index (χ2n) is 13.4. The SMILES string of the molecule is CN/N=C(/c1sccc1Br)C1CCN(C(=O)OC(C)(C)C)CC1.Cn1nc(C2CCN(C(=O)OC(C)(C)C)CC2)c2sccc21. The molecule has 3 aromatic heterocycles. The molecule has 10 nitrogen and oxygen atoms in total. The monoisotopic (exact) mass is 722 g/mol. The van der Waals surface area contributed by atoms with Crippen molar-refractivity contribution in [2.75, 3.05) is 33.2 Å². The normalized spacial score (nSPS) is 17.2. The highest BCUT2D eigenvalue weighted by Crippen LogP contribution is 2.35. The third kappa shape index (κ3) is 9.45. The molecule has 2 amide bonds. The van der Waals surface area contributed by atoms with Gasteiger partial charge in [0.15, 0.2) is 0 Å². The molecule has 0 saturated carbocycles. The molecule has 0 spiro atoms. The minimum Gasteiger partial charge on any atom is -0.444 e. The number of likely N-dealkylation sites (tertiary alicyclic amines) is 2. The number of nitrogens with one attached hydrogen (secondary N) is 1. The minimum absolute atomic E-state index is 0.201. The Hall–Kier alpha value is -2.64. The molecule has 5 rings (SSSR count). The molecule has 2 fully saturated rings. The van der Waals surface area contributed by atoms with E-state index in [-0.39, 0.29) is 12.2 Å². The van der Waals surface area contributed by atoms with Crippen LogP contribution >= 0.6 is 38.6 Å². The molecule has 13 heteroatoms. The Morgan fingerprint density at radius 1 is 0.911 bits per heavy atom. The molecule has 2 aliphatic heterocycles. The lowest BCUT2D eigenvalue weighted by Crippen LogP contribution is -2.43. The summed E-state index contributed by atoms with van der Waals surface area (Å²) in [4.78, 5) is 29.0. The van der Waals surface area contributed by atoms with Gasteiger partial charge in [0.2, 0.25) is 0 Å². The fourth-order valence-corrected chi connectivity index (χ4v) is 8.15. The van der Waals surface area contributed by atoms with E-state index in [1.165, 1.54) is 15.9 Å². The summed E-state index contributed by atoms with van der Waals surface area (Å²) < 4.78 is 15.2. The molecule has 2 saturated heterocycles. The summed E-state index contributed by atoms with van der Waals surface area (Å²) in [5.41, 5.74) is 5.49. The Balaban J connectivity index is 0.000000205. The number of piperidine rings is 2. The Bertz CT molecular complexity index is 1470. The number of hydrazone groups is 1. The number of carbonyl (C=O) groups excluding carboxylic acids is 2. The van der Waals surface area contributed by atoms with Crippen molar-refractivity contribution >= 4 is 66.7 Å². The lowest BCUT2D eigenvalue weighted by Gasteiger charge is -2.33. The number of thiophene rings is 2. The summed E-state index contributed by atoms with van der Waals surface area (Å²) in [6, 6.07) is 4.16. The predicted molar refractivity (Wildman–Crippen MR) is 187 cm³/mol. The number of aryl methyl sites for hydroxylation is 1. The standard InChI is InChI=1S/C16H24BrN3O2S.C16H23N3O2S/c1-16(2,3)22-15(21)20-8-5-11(6-9-20)13(19-18-4)14-12(17)7-10-23-14;1-16(2,3)21-15(20)19-8-5-11(6-9-19)13-14-12(7-10-22-14)18(4)17-13/h7,10-11,18H,5-6,8-9H2,1-4H3;7,10-11H,5-6,8-9H2,1-4H3/b19-13+;. The first kappa shape index (κ1) is 35.2. The van der Waals surface area contributed by atoms with Crippen LogP contribution in [-0.2, 0) is 16.5 Å². The highest BCUT2D eigenvalue weighted by molar-refractivity contribution is 9.10. The molecule has 0 aliphatic carbocycles. The molecular formula is C32H47BrN6O4S2. The number of aromatic nitrogens is 2. The first-order chi connectivity index (χ1) is 21.2. The van der Waals surface area contributed by atoms with Crippen LogP contribution in [0.3, 0.4) is 0 Å². The molecule has 5 heterocycles. The van der Waals surface area contributed by atoms with Crippen LogP contribution < -0.4 is 5.43 Å². The summed E-state index contributed by atoms with van der Waals surface area (Å²) in [5, 5.41) is 13.4. The lowest BCUT2D eigenvalue weighted by molar-refractivity contribution is 0.0192. The van der Waals surface area contributed by atoms with Gasteiger partial charge < -0.3 is 24.7 Å². The number of hydrogen-bond acceptors (Lipinski definition) is 9. The van der Waals surface area contributed by atoms with Crippen LogP contribution in [0.5, 0.6) is 0 Å².